The van der Waals surface area contributed by atoms with Gasteiger partial charge in [0.2, 0.25) is 0 Å². The molecule has 0 saturated heterocycles. The molecular formula is C15H21N3. The fourth-order valence-corrected chi connectivity index (χ4v) is 2.19. The zero-order valence-electron chi connectivity index (χ0n) is 11.6. The molecule has 0 amide bonds. The average molecular weight is 243 g/mol. The number of hydrogen-bond donors (Lipinski definition) is 2. The first-order valence-corrected chi connectivity index (χ1v) is 6.45. The summed E-state index contributed by atoms with van der Waals surface area (Å²) >= 11 is 0. The number of rotatable bonds is 4. The van der Waals surface area contributed by atoms with Crippen molar-refractivity contribution in [1.29, 1.82) is 0 Å². The molecule has 0 unspecified atom stereocenters. The summed E-state index contributed by atoms with van der Waals surface area (Å²) in [5.41, 5.74) is 7.41. The fraction of sp³-hybridized carbons (Fsp3) is 0.400. The molecule has 3 heteroatoms. The predicted molar refractivity (Wildman–Crippen MR) is 75.9 cm³/mol. The Balaban J connectivity index is 2.11. The third-order valence-corrected chi connectivity index (χ3v) is 3.48. The van der Waals surface area contributed by atoms with Crippen molar-refractivity contribution in [2.45, 2.75) is 40.7 Å². The van der Waals surface area contributed by atoms with Crippen LogP contribution < -0.4 is 5.32 Å². The summed E-state index contributed by atoms with van der Waals surface area (Å²) in [6, 6.07) is 6.55. The minimum Gasteiger partial charge on any atom is -0.381 e. The Bertz CT molecular complexity index is 521. The largest absolute Gasteiger partial charge is 0.381 e. The lowest BCUT2D eigenvalue weighted by atomic mass is 10.1. The molecule has 0 atom stereocenters. The predicted octanol–water partition coefficient (Wildman–Crippen LogP) is 3.51. The first-order valence-electron chi connectivity index (χ1n) is 6.45. The second-order valence-electron chi connectivity index (χ2n) is 4.76. The zero-order chi connectivity index (χ0) is 13.1. The van der Waals surface area contributed by atoms with Gasteiger partial charge in [0.25, 0.3) is 0 Å². The molecule has 0 aliphatic carbocycles. The first-order chi connectivity index (χ1) is 8.61. The van der Waals surface area contributed by atoms with E-state index in [-0.39, 0.29) is 0 Å². The number of H-pyrrole nitrogens is 1. The van der Waals surface area contributed by atoms with E-state index < -0.39 is 0 Å². The molecule has 1 aromatic carbocycles. The third kappa shape index (κ3) is 2.55. The van der Waals surface area contributed by atoms with Crippen LogP contribution >= 0.6 is 0 Å². The van der Waals surface area contributed by atoms with Gasteiger partial charge in [-0.15, -0.1) is 0 Å². The number of nitrogens with zero attached hydrogens (tertiary/aromatic N) is 1. The van der Waals surface area contributed by atoms with Crippen molar-refractivity contribution in [3.63, 3.8) is 0 Å². The Labute approximate surface area is 109 Å². The maximum absolute atomic E-state index is 4.21. The quantitative estimate of drug-likeness (QED) is 0.862. The molecule has 0 bridgehead atoms. The molecule has 2 rings (SSSR count). The molecule has 0 aliphatic heterocycles. The van der Waals surface area contributed by atoms with Gasteiger partial charge in [0.05, 0.1) is 5.69 Å². The van der Waals surface area contributed by atoms with Gasteiger partial charge in [-0.1, -0.05) is 13.0 Å². The van der Waals surface area contributed by atoms with Crippen molar-refractivity contribution in [2.75, 3.05) is 5.32 Å². The second kappa shape index (κ2) is 5.25. The molecule has 0 fully saturated rings. The second-order valence-corrected chi connectivity index (χ2v) is 4.76. The van der Waals surface area contributed by atoms with E-state index in [0.717, 1.165) is 24.4 Å². The first kappa shape index (κ1) is 12.7. The van der Waals surface area contributed by atoms with Crippen LogP contribution in [0.15, 0.2) is 18.2 Å². The number of nitrogens with one attached hydrogen (secondary N) is 2. The SMILES string of the molecule is CCc1cc(NCc2c(C)n[nH]c2C)ccc1C. The molecule has 18 heavy (non-hydrogen) atoms. The van der Waals surface area contributed by atoms with E-state index in [0.29, 0.717) is 0 Å². The highest BCUT2D eigenvalue weighted by molar-refractivity contribution is 5.49. The van der Waals surface area contributed by atoms with Gasteiger partial charge in [0.15, 0.2) is 0 Å². The number of anilines is 1. The van der Waals surface area contributed by atoms with Crippen LogP contribution in [0.3, 0.4) is 0 Å². The molecule has 1 heterocycles. The van der Waals surface area contributed by atoms with Gasteiger partial charge in [0.1, 0.15) is 0 Å². The molecule has 2 N–H and O–H groups in total. The lowest BCUT2D eigenvalue weighted by molar-refractivity contribution is 1.02. The third-order valence-electron chi connectivity index (χ3n) is 3.48. The van der Waals surface area contributed by atoms with Crippen molar-refractivity contribution in [3.05, 3.63) is 46.3 Å². The van der Waals surface area contributed by atoms with Crippen LogP contribution in [0.1, 0.15) is 35.0 Å². The zero-order valence-corrected chi connectivity index (χ0v) is 11.6. The van der Waals surface area contributed by atoms with Gasteiger partial charge in [-0.05, 0) is 50.5 Å². The Morgan fingerprint density at radius 1 is 1.22 bits per heavy atom. The van der Waals surface area contributed by atoms with Crippen molar-refractivity contribution in [2.24, 2.45) is 0 Å². The Hall–Kier alpha value is -1.77. The molecule has 0 spiro atoms. The number of aromatic nitrogens is 2. The van der Waals surface area contributed by atoms with E-state index in [1.807, 2.05) is 6.92 Å². The lowest BCUT2D eigenvalue weighted by Crippen LogP contribution is -2.02. The number of aromatic amines is 1. The summed E-state index contributed by atoms with van der Waals surface area (Å²) in [4.78, 5) is 0. The molecule has 0 radical (unpaired) electrons. The summed E-state index contributed by atoms with van der Waals surface area (Å²) in [5, 5.41) is 10.7. The van der Waals surface area contributed by atoms with Crippen LogP contribution in [0.4, 0.5) is 5.69 Å². The van der Waals surface area contributed by atoms with Crippen molar-refractivity contribution in [3.8, 4) is 0 Å². The van der Waals surface area contributed by atoms with Gasteiger partial charge < -0.3 is 5.32 Å². The van der Waals surface area contributed by atoms with Gasteiger partial charge >= 0.3 is 0 Å². The topological polar surface area (TPSA) is 40.7 Å². The van der Waals surface area contributed by atoms with E-state index >= 15 is 0 Å². The van der Waals surface area contributed by atoms with Crippen molar-refractivity contribution < 1.29 is 0 Å². The van der Waals surface area contributed by atoms with Crippen LogP contribution in [0.5, 0.6) is 0 Å². The maximum Gasteiger partial charge on any atom is 0.0643 e. The fourth-order valence-electron chi connectivity index (χ4n) is 2.19. The van der Waals surface area contributed by atoms with E-state index in [9.17, 15) is 0 Å². The summed E-state index contributed by atoms with van der Waals surface area (Å²) in [6.07, 6.45) is 1.07. The van der Waals surface area contributed by atoms with E-state index in [4.69, 9.17) is 0 Å². The van der Waals surface area contributed by atoms with E-state index in [1.165, 1.54) is 22.4 Å². The molecular weight excluding hydrogens is 222 g/mol. The number of hydrogen-bond acceptors (Lipinski definition) is 2. The monoisotopic (exact) mass is 243 g/mol. The van der Waals surface area contributed by atoms with Crippen LogP contribution in [0.25, 0.3) is 0 Å². The molecule has 0 aliphatic rings. The highest BCUT2D eigenvalue weighted by Crippen LogP contribution is 2.18. The van der Waals surface area contributed by atoms with Crippen molar-refractivity contribution in [1.82, 2.24) is 10.2 Å². The highest BCUT2D eigenvalue weighted by Gasteiger charge is 2.06. The Kier molecular flexibility index (Phi) is 3.70. The number of benzene rings is 1. The molecule has 1 aromatic heterocycles. The minimum absolute atomic E-state index is 0.820. The Morgan fingerprint density at radius 3 is 2.61 bits per heavy atom. The molecule has 0 saturated carbocycles. The standard InChI is InChI=1S/C15H21N3/c1-5-13-8-14(7-6-10(13)2)16-9-15-11(3)17-18-12(15)4/h6-8,16H,5,9H2,1-4H3,(H,17,18). The van der Waals surface area contributed by atoms with Crippen LogP contribution in [-0.2, 0) is 13.0 Å². The maximum atomic E-state index is 4.21. The molecule has 2 aromatic rings. The summed E-state index contributed by atoms with van der Waals surface area (Å²) in [6.45, 7) is 9.26. The molecule has 96 valence electrons. The normalized spacial score (nSPS) is 10.7. The minimum atomic E-state index is 0.820. The lowest BCUT2D eigenvalue weighted by Gasteiger charge is -2.10. The average Bonchev–Trinajstić information content (AvgIpc) is 2.68. The summed E-state index contributed by atoms with van der Waals surface area (Å²) < 4.78 is 0. The summed E-state index contributed by atoms with van der Waals surface area (Å²) in [7, 11) is 0. The van der Waals surface area contributed by atoms with E-state index in [1.54, 1.807) is 0 Å². The van der Waals surface area contributed by atoms with Crippen molar-refractivity contribution >= 4 is 5.69 Å². The highest BCUT2D eigenvalue weighted by atomic mass is 15.1. The van der Waals surface area contributed by atoms with Crippen LogP contribution in [0, 0.1) is 20.8 Å². The molecule has 3 nitrogen and oxygen atoms in total. The van der Waals surface area contributed by atoms with Gasteiger partial charge in [0, 0.05) is 23.5 Å². The van der Waals surface area contributed by atoms with E-state index in [2.05, 4.69) is 54.5 Å². The Morgan fingerprint density at radius 2 is 2.00 bits per heavy atom. The van der Waals surface area contributed by atoms with Crippen LogP contribution in [0.2, 0.25) is 0 Å². The van der Waals surface area contributed by atoms with Gasteiger partial charge in [-0.25, -0.2) is 0 Å². The van der Waals surface area contributed by atoms with Gasteiger partial charge in [-0.2, -0.15) is 5.10 Å². The van der Waals surface area contributed by atoms with Gasteiger partial charge in [-0.3, -0.25) is 5.10 Å². The number of aryl methyl sites for hydroxylation is 4. The summed E-state index contributed by atoms with van der Waals surface area (Å²) in [5.74, 6) is 0. The smallest absolute Gasteiger partial charge is 0.0643 e. The van der Waals surface area contributed by atoms with Crippen LogP contribution in [-0.4, -0.2) is 10.2 Å².